The molecule has 0 unspecified atom stereocenters. The molecule has 0 aromatic heterocycles. The summed E-state index contributed by atoms with van der Waals surface area (Å²) < 4.78 is 11.1. The van der Waals surface area contributed by atoms with Crippen LogP contribution in [0.1, 0.15) is 24.2 Å². The van der Waals surface area contributed by atoms with Gasteiger partial charge in [0.1, 0.15) is 5.75 Å². The molecule has 0 bridgehead atoms. The van der Waals surface area contributed by atoms with Crippen LogP contribution in [0, 0.1) is 11.3 Å². The average molecular weight is 305 g/mol. The number of ether oxygens (including phenoxy) is 2. The van der Waals surface area contributed by atoms with Gasteiger partial charge in [-0.25, -0.2) is 0 Å². The number of hydrogen-bond donors (Lipinski definition) is 1. The zero-order chi connectivity index (χ0) is 15.7. The molecule has 5 nitrogen and oxygen atoms in total. The van der Waals surface area contributed by atoms with Crippen LogP contribution in [-0.4, -0.2) is 54.9 Å². The summed E-state index contributed by atoms with van der Waals surface area (Å²) in [7, 11) is 0. The highest BCUT2D eigenvalue weighted by Crippen LogP contribution is 2.41. The van der Waals surface area contributed by atoms with E-state index in [2.05, 4.69) is 0 Å². The molecule has 0 radical (unpaired) electrons. The molecule has 1 amide bonds. The molecule has 1 N–H and O–H groups in total. The lowest BCUT2D eigenvalue weighted by molar-refractivity contribution is 0.0631. The van der Waals surface area contributed by atoms with Gasteiger partial charge < -0.3 is 19.5 Å². The minimum Gasteiger partial charge on any atom is -0.491 e. The van der Waals surface area contributed by atoms with Crippen molar-refractivity contribution in [3.63, 3.8) is 0 Å². The van der Waals surface area contributed by atoms with Crippen molar-refractivity contribution < 1.29 is 19.4 Å². The lowest BCUT2D eigenvalue weighted by Gasteiger charge is -2.24. The van der Waals surface area contributed by atoms with Crippen molar-refractivity contribution >= 4 is 5.91 Å². The number of carbonyl (C=O) groups excluding carboxylic acids is 1. The van der Waals surface area contributed by atoms with Gasteiger partial charge in [0.05, 0.1) is 25.9 Å². The molecular weight excluding hydrogens is 282 g/mol. The summed E-state index contributed by atoms with van der Waals surface area (Å²) in [6.45, 7) is 6.41. The van der Waals surface area contributed by atoms with Crippen molar-refractivity contribution in [1.82, 2.24) is 4.90 Å². The van der Waals surface area contributed by atoms with Gasteiger partial charge in [-0.1, -0.05) is 0 Å². The number of fused-ring (bicyclic) bond motifs is 1. The average Bonchev–Trinajstić information content (AvgIpc) is 3.04. The van der Waals surface area contributed by atoms with Crippen LogP contribution >= 0.6 is 0 Å². The van der Waals surface area contributed by atoms with Gasteiger partial charge >= 0.3 is 0 Å². The maximum Gasteiger partial charge on any atom is 0.253 e. The van der Waals surface area contributed by atoms with E-state index in [4.69, 9.17) is 9.47 Å². The van der Waals surface area contributed by atoms with E-state index < -0.39 is 0 Å². The fraction of sp³-hybridized carbons (Fsp3) is 0.588. The molecule has 0 aliphatic carbocycles. The smallest absolute Gasteiger partial charge is 0.253 e. The van der Waals surface area contributed by atoms with Crippen LogP contribution in [0.3, 0.4) is 0 Å². The zero-order valence-corrected chi connectivity index (χ0v) is 13.1. The van der Waals surface area contributed by atoms with E-state index in [9.17, 15) is 9.90 Å². The summed E-state index contributed by atoms with van der Waals surface area (Å²) >= 11 is 0. The lowest BCUT2D eigenvalue weighted by Crippen LogP contribution is -2.36. The van der Waals surface area contributed by atoms with E-state index in [0.717, 1.165) is 5.75 Å². The fourth-order valence-corrected chi connectivity index (χ4v) is 3.34. The Balaban J connectivity index is 1.70. The Labute approximate surface area is 130 Å². The van der Waals surface area contributed by atoms with Crippen LogP contribution in [0.15, 0.2) is 24.3 Å². The highest BCUT2D eigenvalue weighted by molar-refractivity contribution is 5.94. The van der Waals surface area contributed by atoms with Gasteiger partial charge in [-0.2, -0.15) is 0 Å². The first-order valence-electron chi connectivity index (χ1n) is 7.79. The number of aliphatic hydroxyl groups is 1. The molecule has 0 saturated carbocycles. The molecule has 120 valence electrons. The van der Waals surface area contributed by atoms with Crippen LogP contribution in [0.2, 0.25) is 0 Å². The first-order valence-corrected chi connectivity index (χ1v) is 7.79. The van der Waals surface area contributed by atoms with Gasteiger partial charge in [-0.05, 0) is 38.1 Å². The largest absolute Gasteiger partial charge is 0.491 e. The third-order valence-electron chi connectivity index (χ3n) is 4.60. The van der Waals surface area contributed by atoms with Gasteiger partial charge in [0.15, 0.2) is 0 Å². The van der Waals surface area contributed by atoms with Crippen molar-refractivity contribution in [3.8, 4) is 5.75 Å². The van der Waals surface area contributed by atoms with Crippen molar-refractivity contribution in [2.24, 2.45) is 11.3 Å². The Morgan fingerprint density at radius 2 is 2.18 bits per heavy atom. The molecule has 2 saturated heterocycles. The Hall–Kier alpha value is -1.59. The van der Waals surface area contributed by atoms with E-state index >= 15 is 0 Å². The van der Waals surface area contributed by atoms with E-state index in [-0.39, 0.29) is 30.0 Å². The molecule has 2 aliphatic rings. The summed E-state index contributed by atoms with van der Waals surface area (Å²) in [4.78, 5) is 14.5. The van der Waals surface area contributed by atoms with Gasteiger partial charge in [0.25, 0.3) is 5.91 Å². The van der Waals surface area contributed by atoms with Crippen molar-refractivity contribution in [2.75, 3.05) is 32.9 Å². The van der Waals surface area contributed by atoms with Crippen LogP contribution in [-0.2, 0) is 4.74 Å². The normalized spacial score (nSPS) is 27.3. The minimum atomic E-state index is -0.268. The number of benzene rings is 1. The topological polar surface area (TPSA) is 59.0 Å². The highest BCUT2D eigenvalue weighted by Gasteiger charge is 2.51. The fourth-order valence-electron chi connectivity index (χ4n) is 3.34. The Morgan fingerprint density at radius 1 is 1.45 bits per heavy atom. The number of rotatable bonds is 4. The Kier molecular flexibility index (Phi) is 4.10. The number of amides is 1. The number of hydrogen-bond acceptors (Lipinski definition) is 4. The molecule has 3 rings (SSSR count). The Bertz CT molecular complexity index is 542. The summed E-state index contributed by atoms with van der Waals surface area (Å²) in [6, 6.07) is 7.26. The second-order valence-electron chi connectivity index (χ2n) is 6.61. The molecule has 5 heteroatoms. The monoisotopic (exact) mass is 305 g/mol. The summed E-state index contributed by atoms with van der Waals surface area (Å²) in [6.07, 6.45) is 0.115. The Morgan fingerprint density at radius 3 is 2.77 bits per heavy atom. The molecule has 2 fully saturated rings. The van der Waals surface area contributed by atoms with Crippen LogP contribution in [0.25, 0.3) is 0 Å². The second kappa shape index (κ2) is 5.89. The van der Waals surface area contributed by atoms with Crippen LogP contribution in [0.5, 0.6) is 5.75 Å². The molecule has 1 aromatic carbocycles. The molecule has 2 atom stereocenters. The highest BCUT2D eigenvalue weighted by atomic mass is 16.5. The van der Waals surface area contributed by atoms with Gasteiger partial charge in [0.2, 0.25) is 0 Å². The molecular formula is C17H23NO4. The number of aliphatic hydroxyl groups excluding tert-OH is 1. The standard InChI is InChI=1S/C17H23NO4/c1-12(2)22-15-5-3-13(4-6-15)16(20)18-7-14-8-21-11-17(14,9-18)10-19/h3-6,12,14,19H,7-11H2,1-2H3/t14-,17-/m0/s1. The van der Waals surface area contributed by atoms with E-state index in [1.165, 1.54) is 0 Å². The van der Waals surface area contributed by atoms with Gasteiger partial charge in [0, 0.05) is 30.0 Å². The van der Waals surface area contributed by atoms with Gasteiger partial charge in [-0.3, -0.25) is 4.79 Å². The molecule has 2 aliphatic heterocycles. The summed E-state index contributed by atoms with van der Waals surface area (Å²) in [5.41, 5.74) is 0.390. The summed E-state index contributed by atoms with van der Waals surface area (Å²) in [5.74, 6) is 1.02. The number of carbonyl (C=O) groups is 1. The van der Waals surface area contributed by atoms with Crippen LogP contribution in [0.4, 0.5) is 0 Å². The third kappa shape index (κ3) is 2.71. The van der Waals surface area contributed by atoms with E-state index in [0.29, 0.717) is 31.9 Å². The van der Waals surface area contributed by atoms with Crippen molar-refractivity contribution in [1.29, 1.82) is 0 Å². The second-order valence-corrected chi connectivity index (χ2v) is 6.61. The maximum atomic E-state index is 12.6. The summed E-state index contributed by atoms with van der Waals surface area (Å²) in [5, 5.41) is 9.68. The van der Waals surface area contributed by atoms with E-state index in [1.54, 1.807) is 12.1 Å². The maximum absolute atomic E-state index is 12.6. The molecule has 1 aromatic rings. The van der Waals surface area contributed by atoms with Crippen molar-refractivity contribution in [2.45, 2.75) is 20.0 Å². The first kappa shape index (κ1) is 15.3. The predicted octanol–water partition coefficient (Wildman–Crippen LogP) is 1.55. The number of likely N-dealkylation sites (tertiary alicyclic amines) is 1. The first-order chi connectivity index (χ1) is 10.5. The minimum absolute atomic E-state index is 0.0123. The molecule has 0 spiro atoms. The lowest BCUT2D eigenvalue weighted by atomic mass is 9.82. The quantitative estimate of drug-likeness (QED) is 0.917. The van der Waals surface area contributed by atoms with Gasteiger partial charge in [-0.15, -0.1) is 0 Å². The molecule has 2 heterocycles. The SMILES string of the molecule is CC(C)Oc1ccc(C(=O)N2C[C@H]3COC[C@@]3(CO)C2)cc1. The van der Waals surface area contributed by atoms with E-state index in [1.807, 2.05) is 30.9 Å². The van der Waals surface area contributed by atoms with Crippen molar-refractivity contribution in [3.05, 3.63) is 29.8 Å². The zero-order valence-electron chi connectivity index (χ0n) is 13.1. The molecule has 22 heavy (non-hydrogen) atoms. The third-order valence-corrected chi connectivity index (χ3v) is 4.60. The predicted molar refractivity (Wildman–Crippen MR) is 81.9 cm³/mol. The number of nitrogens with zero attached hydrogens (tertiary/aromatic N) is 1. The van der Waals surface area contributed by atoms with Crippen LogP contribution < -0.4 is 4.74 Å².